The average Bonchev–Trinajstić information content (AvgIpc) is 2.83. The largest absolute Gasteiger partial charge is 0.466 e. The van der Waals surface area contributed by atoms with E-state index in [1.807, 2.05) is 0 Å². The molecule has 1 saturated heterocycles. The molecule has 1 rings (SSSR count). The van der Waals surface area contributed by atoms with E-state index in [1.54, 1.807) is 6.92 Å². The van der Waals surface area contributed by atoms with Gasteiger partial charge in [-0.15, -0.1) is 0 Å². The Morgan fingerprint density at radius 1 is 1.41 bits per heavy atom. The third-order valence-corrected chi connectivity index (χ3v) is 2.35. The maximum atomic E-state index is 11.7. The van der Waals surface area contributed by atoms with Crippen LogP contribution < -0.4 is 5.32 Å². The Kier molecular flexibility index (Phi) is 5.26. The molecule has 94 valence electrons. The fraction of sp³-hybridized carbons (Fsp3) is 0.500. The number of hydrogen-bond acceptors (Lipinski definition) is 5. The monoisotopic (exact) mass is 239 g/mol. The molecule has 0 amide bonds. The topological polar surface area (TPSA) is 64.6 Å². The second kappa shape index (κ2) is 6.73. The molecule has 1 heterocycles. The molecule has 0 aromatic rings. The Hall–Kier alpha value is -1.78. The Labute approximate surface area is 100 Å². The van der Waals surface area contributed by atoms with Gasteiger partial charge in [-0.1, -0.05) is 0 Å². The van der Waals surface area contributed by atoms with Gasteiger partial charge in [0.2, 0.25) is 0 Å². The second-order valence-electron chi connectivity index (χ2n) is 3.50. The summed E-state index contributed by atoms with van der Waals surface area (Å²) in [5, 5.41) is 3.11. The van der Waals surface area contributed by atoms with Gasteiger partial charge in [0.25, 0.3) is 0 Å². The first kappa shape index (κ1) is 13.3. The van der Waals surface area contributed by atoms with Crippen molar-refractivity contribution >= 4 is 11.9 Å². The summed E-state index contributed by atoms with van der Waals surface area (Å²) >= 11 is 0. The Balaban J connectivity index is 2.87. The van der Waals surface area contributed by atoms with Gasteiger partial charge in [0.1, 0.15) is 0 Å². The number of carbonyl (C=O) groups is 2. The van der Waals surface area contributed by atoms with Crippen LogP contribution in [0.3, 0.4) is 0 Å². The molecule has 0 radical (unpaired) electrons. The maximum Gasteiger partial charge on any atom is 0.339 e. The number of ether oxygens (including phenoxy) is 2. The number of methoxy groups -OCH3 is 1. The molecule has 1 N–H and O–H groups in total. The van der Waals surface area contributed by atoms with Crippen molar-refractivity contribution in [3.63, 3.8) is 0 Å². The van der Waals surface area contributed by atoms with E-state index in [0.717, 1.165) is 25.1 Å². The first-order valence-electron chi connectivity index (χ1n) is 5.59. The second-order valence-corrected chi connectivity index (χ2v) is 3.50. The Bertz CT molecular complexity index is 350. The highest BCUT2D eigenvalue weighted by Gasteiger charge is 2.17. The van der Waals surface area contributed by atoms with Crippen molar-refractivity contribution in [2.45, 2.75) is 19.8 Å². The van der Waals surface area contributed by atoms with E-state index < -0.39 is 11.9 Å². The molecule has 0 atom stereocenters. The van der Waals surface area contributed by atoms with E-state index in [2.05, 4.69) is 10.1 Å². The van der Waals surface area contributed by atoms with Gasteiger partial charge >= 0.3 is 11.9 Å². The quantitative estimate of drug-likeness (QED) is 0.583. The van der Waals surface area contributed by atoms with Crippen molar-refractivity contribution in [2.75, 3.05) is 20.3 Å². The summed E-state index contributed by atoms with van der Waals surface area (Å²) in [6.45, 7) is 2.89. The van der Waals surface area contributed by atoms with E-state index in [9.17, 15) is 9.59 Å². The zero-order valence-corrected chi connectivity index (χ0v) is 10.1. The van der Waals surface area contributed by atoms with E-state index >= 15 is 0 Å². The normalized spacial score (nSPS) is 17.8. The molecule has 5 heteroatoms. The van der Waals surface area contributed by atoms with Crippen LogP contribution in [0.1, 0.15) is 19.8 Å². The van der Waals surface area contributed by atoms with Crippen LogP contribution in [0.2, 0.25) is 0 Å². The third kappa shape index (κ3) is 3.94. The van der Waals surface area contributed by atoms with Gasteiger partial charge in [0.15, 0.2) is 0 Å². The fourth-order valence-electron chi connectivity index (χ4n) is 1.54. The first-order valence-corrected chi connectivity index (χ1v) is 5.59. The van der Waals surface area contributed by atoms with E-state index in [1.165, 1.54) is 19.3 Å². The van der Waals surface area contributed by atoms with Crippen LogP contribution in [0.15, 0.2) is 23.4 Å². The lowest BCUT2D eigenvalue weighted by molar-refractivity contribution is -0.138. The molecular formula is C12H17NO4. The number of nitrogens with one attached hydrogen (secondary N) is 1. The van der Waals surface area contributed by atoms with Crippen molar-refractivity contribution in [1.29, 1.82) is 0 Å². The number of hydrogen-bond donors (Lipinski definition) is 1. The molecule has 0 aromatic heterocycles. The first-order chi connectivity index (χ1) is 8.19. The van der Waals surface area contributed by atoms with Gasteiger partial charge in [-0.2, -0.15) is 0 Å². The molecule has 1 aliphatic rings. The van der Waals surface area contributed by atoms with Gasteiger partial charge in [0.05, 0.1) is 19.3 Å². The lowest BCUT2D eigenvalue weighted by atomic mass is 10.1. The van der Waals surface area contributed by atoms with Crippen LogP contribution >= 0.6 is 0 Å². The minimum Gasteiger partial charge on any atom is -0.466 e. The number of rotatable bonds is 4. The summed E-state index contributed by atoms with van der Waals surface area (Å²) in [7, 11) is 1.29. The van der Waals surface area contributed by atoms with Crippen LogP contribution in [-0.2, 0) is 19.1 Å². The number of allylic oxidation sites excluding steroid dienone is 1. The number of esters is 2. The Morgan fingerprint density at radius 3 is 2.71 bits per heavy atom. The molecule has 0 aliphatic carbocycles. The van der Waals surface area contributed by atoms with Crippen LogP contribution in [0.5, 0.6) is 0 Å². The molecule has 0 saturated carbocycles. The van der Waals surface area contributed by atoms with Crippen molar-refractivity contribution < 1.29 is 19.1 Å². The highest BCUT2D eigenvalue weighted by atomic mass is 16.5. The summed E-state index contributed by atoms with van der Waals surface area (Å²) in [5.74, 6) is -0.914. The zero-order chi connectivity index (χ0) is 12.7. The summed E-state index contributed by atoms with van der Waals surface area (Å²) in [6, 6.07) is 0. The molecule has 0 bridgehead atoms. The lowest BCUT2D eigenvalue weighted by Crippen LogP contribution is -2.14. The standard InChI is InChI=1S/C12H17NO4/c1-3-17-12(15)9(6-7-11(14)16-2)10-5-4-8-13-10/h6-7,13H,3-5,8H2,1-2H3/b7-6+,10-9-. The molecule has 17 heavy (non-hydrogen) atoms. The van der Waals surface area contributed by atoms with Gasteiger partial charge < -0.3 is 14.8 Å². The number of carbonyl (C=O) groups excluding carboxylic acids is 2. The molecule has 0 unspecified atom stereocenters. The van der Waals surface area contributed by atoms with Gasteiger partial charge in [-0.25, -0.2) is 9.59 Å². The maximum absolute atomic E-state index is 11.7. The molecule has 0 spiro atoms. The van der Waals surface area contributed by atoms with E-state index in [-0.39, 0.29) is 0 Å². The molecule has 0 aromatic carbocycles. The fourth-order valence-corrected chi connectivity index (χ4v) is 1.54. The minimum absolute atomic E-state index is 0.307. The highest BCUT2D eigenvalue weighted by Crippen LogP contribution is 2.16. The zero-order valence-electron chi connectivity index (χ0n) is 10.1. The van der Waals surface area contributed by atoms with Crippen molar-refractivity contribution in [3.8, 4) is 0 Å². The van der Waals surface area contributed by atoms with Crippen LogP contribution in [0.25, 0.3) is 0 Å². The van der Waals surface area contributed by atoms with Gasteiger partial charge in [-0.3, -0.25) is 0 Å². The lowest BCUT2D eigenvalue weighted by Gasteiger charge is -2.07. The predicted octanol–water partition coefficient (Wildman–Crippen LogP) is 0.916. The minimum atomic E-state index is -0.495. The van der Waals surface area contributed by atoms with Gasteiger partial charge in [-0.05, 0) is 25.8 Å². The Morgan fingerprint density at radius 2 is 2.18 bits per heavy atom. The van der Waals surface area contributed by atoms with Crippen molar-refractivity contribution in [1.82, 2.24) is 5.32 Å². The molecule has 5 nitrogen and oxygen atoms in total. The smallest absolute Gasteiger partial charge is 0.339 e. The summed E-state index contributed by atoms with van der Waals surface area (Å²) in [6.07, 6.45) is 4.43. The summed E-state index contributed by atoms with van der Waals surface area (Å²) in [5.41, 5.74) is 1.22. The molecule has 1 aliphatic heterocycles. The van der Waals surface area contributed by atoms with Crippen LogP contribution in [0, 0.1) is 0 Å². The molecular weight excluding hydrogens is 222 g/mol. The van der Waals surface area contributed by atoms with Crippen molar-refractivity contribution in [3.05, 3.63) is 23.4 Å². The summed E-state index contributed by atoms with van der Waals surface area (Å²) in [4.78, 5) is 22.7. The van der Waals surface area contributed by atoms with Crippen molar-refractivity contribution in [2.24, 2.45) is 0 Å². The highest BCUT2D eigenvalue weighted by molar-refractivity contribution is 5.94. The molecule has 1 fully saturated rings. The van der Waals surface area contributed by atoms with Crippen LogP contribution in [-0.4, -0.2) is 32.2 Å². The summed E-state index contributed by atoms with van der Waals surface area (Å²) < 4.78 is 9.42. The van der Waals surface area contributed by atoms with Crippen LogP contribution in [0.4, 0.5) is 0 Å². The van der Waals surface area contributed by atoms with Gasteiger partial charge in [0, 0.05) is 18.3 Å². The third-order valence-electron chi connectivity index (χ3n) is 2.35. The predicted molar refractivity (Wildman–Crippen MR) is 62.1 cm³/mol. The van der Waals surface area contributed by atoms with E-state index in [4.69, 9.17) is 4.74 Å². The SMILES string of the molecule is CCOC(=O)C(/C=C/C(=O)OC)=C1/CCCN1. The van der Waals surface area contributed by atoms with E-state index in [0.29, 0.717) is 12.2 Å². The average molecular weight is 239 g/mol.